The Hall–Kier alpha value is -1.89. The number of likely N-dealkylation sites (tertiary alicyclic amines) is 2. The van der Waals surface area contributed by atoms with Crippen LogP contribution in [0.1, 0.15) is 42.2 Å². The minimum Gasteiger partial charge on any atom is -0.396 e. The number of aromatic nitrogens is 2. The summed E-state index contributed by atoms with van der Waals surface area (Å²) >= 11 is 0. The van der Waals surface area contributed by atoms with Gasteiger partial charge in [-0.15, -0.1) is 0 Å². The average molecular weight is 348 g/mol. The van der Waals surface area contributed by atoms with Crippen molar-refractivity contribution in [2.75, 3.05) is 32.8 Å². The van der Waals surface area contributed by atoms with Gasteiger partial charge in [-0.1, -0.05) is 0 Å². The minimum absolute atomic E-state index is 0.0431. The molecular weight excluding hydrogens is 320 g/mol. The third-order valence-corrected chi connectivity index (χ3v) is 6.14. The van der Waals surface area contributed by atoms with Gasteiger partial charge in [0.05, 0.1) is 11.3 Å². The maximum Gasteiger partial charge on any atom is 0.257 e. The molecule has 0 aromatic carbocycles. The van der Waals surface area contributed by atoms with E-state index in [9.17, 15) is 14.7 Å². The zero-order valence-electron chi connectivity index (χ0n) is 15.4. The van der Waals surface area contributed by atoms with E-state index in [1.54, 1.807) is 17.8 Å². The number of carbonyl (C=O) groups excluding carboxylic acids is 2. The summed E-state index contributed by atoms with van der Waals surface area (Å²) in [6.45, 7) is 6.32. The molecule has 1 N–H and O–H groups in total. The third-order valence-electron chi connectivity index (χ3n) is 6.14. The van der Waals surface area contributed by atoms with Gasteiger partial charge in [0.15, 0.2) is 0 Å². The van der Waals surface area contributed by atoms with Crippen LogP contribution in [0.5, 0.6) is 0 Å². The molecule has 0 saturated carbocycles. The van der Waals surface area contributed by atoms with Crippen molar-refractivity contribution >= 4 is 11.8 Å². The number of aliphatic hydroxyl groups excluding tert-OH is 1. The lowest BCUT2D eigenvalue weighted by Gasteiger charge is -2.51. The Bertz CT molecular complexity index is 661. The summed E-state index contributed by atoms with van der Waals surface area (Å²) in [6, 6.07) is 0. The molecule has 2 aliphatic rings. The maximum absolute atomic E-state index is 12.8. The second-order valence-corrected chi connectivity index (χ2v) is 7.55. The normalized spacial score (nSPS) is 23.1. The van der Waals surface area contributed by atoms with Gasteiger partial charge in [0.2, 0.25) is 5.91 Å². The first-order valence-electron chi connectivity index (χ1n) is 9.02. The Kier molecular flexibility index (Phi) is 4.86. The summed E-state index contributed by atoms with van der Waals surface area (Å²) in [6.07, 6.45) is 4.46. The average Bonchev–Trinajstić information content (AvgIpc) is 2.93. The molecule has 1 aromatic heterocycles. The molecule has 0 radical (unpaired) electrons. The van der Waals surface area contributed by atoms with Gasteiger partial charge in [-0.3, -0.25) is 14.3 Å². The van der Waals surface area contributed by atoms with Crippen LogP contribution in [-0.4, -0.2) is 69.3 Å². The number of amides is 2. The predicted octanol–water partition coefficient (Wildman–Crippen LogP) is 0.812. The van der Waals surface area contributed by atoms with Crippen molar-refractivity contribution < 1.29 is 14.7 Å². The quantitative estimate of drug-likeness (QED) is 0.858. The van der Waals surface area contributed by atoms with Gasteiger partial charge in [0, 0.05) is 58.9 Å². The number of hydrogen-bond donors (Lipinski definition) is 1. The lowest BCUT2D eigenvalue weighted by molar-refractivity contribution is -0.135. The fourth-order valence-electron chi connectivity index (χ4n) is 4.44. The summed E-state index contributed by atoms with van der Waals surface area (Å²) in [5.41, 5.74) is 1.47. The van der Waals surface area contributed by atoms with E-state index in [1.807, 2.05) is 23.8 Å². The van der Waals surface area contributed by atoms with Crippen molar-refractivity contribution in [3.05, 3.63) is 17.5 Å². The van der Waals surface area contributed by atoms with Crippen molar-refractivity contribution in [1.29, 1.82) is 0 Å². The highest BCUT2D eigenvalue weighted by molar-refractivity contribution is 5.95. The van der Waals surface area contributed by atoms with Crippen molar-refractivity contribution in [1.82, 2.24) is 19.6 Å². The fraction of sp³-hybridized carbons (Fsp3) is 0.722. The Morgan fingerprint density at radius 2 is 1.84 bits per heavy atom. The Morgan fingerprint density at radius 1 is 1.24 bits per heavy atom. The molecule has 2 saturated heterocycles. The van der Waals surface area contributed by atoms with Crippen LogP contribution < -0.4 is 0 Å². The monoisotopic (exact) mass is 348 g/mol. The van der Waals surface area contributed by atoms with Gasteiger partial charge in [-0.2, -0.15) is 5.10 Å². The number of piperidine rings is 2. The van der Waals surface area contributed by atoms with Crippen LogP contribution in [0.2, 0.25) is 0 Å². The summed E-state index contributed by atoms with van der Waals surface area (Å²) in [7, 11) is 1.82. The molecule has 1 aromatic rings. The Balaban J connectivity index is 1.67. The van der Waals surface area contributed by atoms with Gasteiger partial charge in [0.25, 0.3) is 5.91 Å². The highest BCUT2D eigenvalue weighted by Gasteiger charge is 2.45. The number of carbonyl (C=O) groups is 2. The first-order valence-corrected chi connectivity index (χ1v) is 9.02. The molecule has 7 heteroatoms. The number of rotatable bonds is 2. The lowest BCUT2D eigenvalue weighted by atomic mass is 9.64. The molecule has 2 aliphatic heterocycles. The molecule has 2 fully saturated rings. The SMILES string of the molecule is CC(=O)N1CCC2(CCN(C(=O)c3cn(C)nc3C)CC2)C(CO)C1. The molecule has 0 aliphatic carbocycles. The summed E-state index contributed by atoms with van der Waals surface area (Å²) in [5, 5.41) is 14.1. The molecule has 138 valence electrons. The third kappa shape index (κ3) is 3.29. The first-order chi connectivity index (χ1) is 11.9. The van der Waals surface area contributed by atoms with E-state index in [2.05, 4.69) is 5.10 Å². The van der Waals surface area contributed by atoms with E-state index in [4.69, 9.17) is 0 Å². The number of nitrogens with zero attached hydrogens (tertiary/aromatic N) is 4. The molecule has 3 heterocycles. The van der Waals surface area contributed by atoms with Crippen molar-refractivity contribution in [2.45, 2.75) is 33.1 Å². The van der Waals surface area contributed by atoms with Crippen LogP contribution in [0.25, 0.3) is 0 Å². The Morgan fingerprint density at radius 3 is 2.32 bits per heavy atom. The van der Waals surface area contributed by atoms with Crippen LogP contribution in [0.3, 0.4) is 0 Å². The van der Waals surface area contributed by atoms with Gasteiger partial charge in [0.1, 0.15) is 0 Å². The van der Waals surface area contributed by atoms with Gasteiger partial charge in [-0.05, 0) is 31.6 Å². The number of aryl methyl sites for hydroxylation is 2. The van der Waals surface area contributed by atoms with Crippen LogP contribution in [0.4, 0.5) is 0 Å². The van der Waals surface area contributed by atoms with Gasteiger partial charge in [-0.25, -0.2) is 0 Å². The smallest absolute Gasteiger partial charge is 0.257 e. The molecule has 0 bridgehead atoms. The fourth-order valence-corrected chi connectivity index (χ4v) is 4.44. The maximum atomic E-state index is 12.8. The molecule has 3 rings (SSSR count). The highest BCUT2D eigenvalue weighted by atomic mass is 16.3. The topological polar surface area (TPSA) is 78.7 Å². The van der Waals surface area contributed by atoms with Crippen molar-refractivity contribution in [3.63, 3.8) is 0 Å². The number of aliphatic hydroxyl groups is 1. The van der Waals surface area contributed by atoms with Crippen LogP contribution in [0, 0.1) is 18.3 Å². The summed E-state index contributed by atoms with van der Waals surface area (Å²) < 4.78 is 1.67. The zero-order valence-corrected chi connectivity index (χ0v) is 15.4. The second-order valence-electron chi connectivity index (χ2n) is 7.55. The largest absolute Gasteiger partial charge is 0.396 e. The zero-order chi connectivity index (χ0) is 18.2. The standard InChI is InChI=1S/C18H28N4O3/c1-13-16(11-20(3)19-13)17(25)21-7-4-18(5-8-21)6-9-22(14(2)24)10-15(18)12-23/h11,15,23H,4-10,12H2,1-3H3. The van der Waals surface area contributed by atoms with Gasteiger partial charge >= 0.3 is 0 Å². The molecule has 2 amide bonds. The molecular formula is C18H28N4O3. The van der Waals surface area contributed by atoms with Crippen LogP contribution in [0.15, 0.2) is 6.20 Å². The molecule has 7 nitrogen and oxygen atoms in total. The van der Waals surface area contributed by atoms with E-state index in [0.29, 0.717) is 25.2 Å². The van der Waals surface area contributed by atoms with E-state index in [0.717, 1.165) is 31.5 Å². The first kappa shape index (κ1) is 17.9. The van der Waals surface area contributed by atoms with E-state index >= 15 is 0 Å². The minimum atomic E-state index is 0.0431. The lowest BCUT2D eigenvalue weighted by Crippen LogP contribution is -2.55. The summed E-state index contributed by atoms with van der Waals surface area (Å²) in [5.74, 6) is 0.220. The summed E-state index contributed by atoms with van der Waals surface area (Å²) in [4.78, 5) is 28.2. The van der Waals surface area contributed by atoms with E-state index < -0.39 is 0 Å². The van der Waals surface area contributed by atoms with Crippen LogP contribution >= 0.6 is 0 Å². The highest BCUT2D eigenvalue weighted by Crippen LogP contribution is 2.45. The molecule has 1 spiro atoms. The van der Waals surface area contributed by atoms with Gasteiger partial charge < -0.3 is 14.9 Å². The molecule has 1 atom stereocenters. The second kappa shape index (κ2) is 6.78. The van der Waals surface area contributed by atoms with Crippen molar-refractivity contribution in [2.24, 2.45) is 18.4 Å². The van der Waals surface area contributed by atoms with Crippen molar-refractivity contribution in [3.8, 4) is 0 Å². The molecule has 1 unspecified atom stereocenters. The Labute approximate surface area is 148 Å². The van der Waals surface area contributed by atoms with Crippen LogP contribution in [-0.2, 0) is 11.8 Å². The number of hydrogen-bond acceptors (Lipinski definition) is 4. The van der Waals surface area contributed by atoms with E-state index in [1.165, 1.54) is 0 Å². The van der Waals surface area contributed by atoms with E-state index in [-0.39, 0.29) is 29.8 Å². The molecule has 25 heavy (non-hydrogen) atoms. The predicted molar refractivity (Wildman–Crippen MR) is 93.0 cm³/mol.